The average molecular weight is 197 g/mol. The monoisotopic (exact) mass is 197 g/mol. The molecule has 0 aromatic rings. The Labute approximate surface area is 91.5 Å². The summed E-state index contributed by atoms with van der Waals surface area (Å²) in [7, 11) is 0. The molecule has 1 radical (unpaired) electrons. The molecule has 0 fully saturated rings. The third-order valence-corrected chi connectivity index (χ3v) is 2.91. The Balaban J connectivity index is 3.07. The molecular weight excluding hydrogens is 168 g/mol. The Morgan fingerprint density at radius 1 is 0.643 bits per heavy atom. The molecule has 85 valence electrons. The summed E-state index contributed by atoms with van der Waals surface area (Å²) in [6, 6.07) is 0. The molecule has 0 spiro atoms. The van der Waals surface area contributed by atoms with Crippen LogP contribution in [0.3, 0.4) is 0 Å². The Hall–Kier alpha value is 0. The maximum absolute atomic E-state index is 2.35. The molecule has 0 saturated heterocycles. The van der Waals surface area contributed by atoms with Crippen molar-refractivity contribution in [3.8, 4) is 0 Å². The first kappa shape index (κ1) is 14.0. The van der Waals surface area contributed by atoms with Gasteiger partial charge in [0.2, 0.25) is 0 Å². The van der Waals surface area contributed by atoms with Gasteiger partial charge >= 0.3 is 0 Å². The molecule has 0 rings (SSSR count). The number of hydrogen-bond acceptors (Lipinski definition) is 0. The summed E-state index contributed by atoms with van der Waals surface area (Å²) < 4.78 is 0. The van der Waals surface area contributed by atoms with Crippen molar-refractivity contribution >= 4 is 0 Å². The van der Waals surface area contributed by atoms with Crippen LogP contribution in [0.1, 0.15) is 85.0 Å². The van der Waals surface area contributed by atoms with Crippen LogP contribution < -0.4 is 0 Å². The summed E-state index contributed by atoms with van der Waals surface area (Å²) >= 11 is 0. The van der Waals surface area contributed by atoms with Crippen LogP contribution in [-0.2, 0) is 0 Å². The molecule has 0 aliphatic rings. The van der Waals surface area contributed by atoms with E-state index < -0.39 is 0 Å². The fraction of sp³-hybridized carbons (Fsp3) is 0.929. The van der Waals surface area contributed by atoms with E-state index >= 15 is 0 Å². The van der Waals surface area contributed by atoms with E-state index in [0.29, 0.717) is 0 Å². The molecule has 0 aliphatic heterocycles. The zero-order valence-electron chi connectivity index (χ0n) is 10.6. The van der Waals surface area contributed by atoms with Gasteiger partial charge < -0.3 is 0 Å². The molecule has 0 heteroatoms. The molecule has 0 saturated carbocycles. The number of rotatable bonds is 10. The molecule has 0 N–H and O–H groups in total. The predicted molar refractivity (Wildman–Crippen MR) is 66.4 cm³/mol. The van der Waals surface area contributed by atoms with E-state index in [1.165, 1.54) is 64.2 Å². The van der Waals surface area contributed by atoms with Crippen LogP contribution >= 0.6 is 0 Å². The summed E-state index contributed by atoms with van der Waals surface area (Å²) in [5, 5.41) is 0. The summed E-state index contributed by atoms with van der Waals surface area (Å²) in [5.41, 5.74) is 0. The second-order valence-corrected chi connectivity index (χ2v) is 4.58. The van der Waals surface area contributed by atoms with Gasteiger partial charge in [-0.05, 0) is 18.8 Å². The van der Waals surface area contributed by atoms with Gasteiger partial charge in [0.15, 0.2) is 0 Å². The smallest absolute Gasteiger partial charge is 0.0272 e. The molecule has 0 amide bonds. The lowest BCUT2D eigenvalue weighted by Crippen LogP contribution is -1.92. The van der Waals surface area contributed by atoms with E-state index in [0.717, 1.165) is 0 Å². The molecule has 0 aliphatic carbocycles. The average Bonchev–Trinajstić information content (AvgIpc) is 2.19. The van der Waals surface area contributed by atoms with Crippen molar-refractivity contribution in [2.45, 2.75) is 85.0 Å². The first-order valence-electron chi connectivity index (χ1n) is 6.62. The third-order valence-electron chi connectivity index (χ3n) is 2.91. The van der Waals surface area contributed by atoms with E-state index in [2.05, 4.69) is 20.8 Å². The van der Waals surface area contributed by atoms with Gasteiger partial charge in [0, 0.05) is 0 Å². The van der Waals surface area contributed by atoms with Gasteiger partial charge in [-0.3, -0.25) is 0 Å². The van der Waals surface area contributed by atoms with E-state index in [1.807, 2.05) is 0 Å². The van der Waals surface area contributed by atoms with Crippen molar-refractivity contribution in [3.63, 3.8) is 0 Å². The lowest BCUT2D eigenvalue weighted by Gasteiger charge is -2.09. The van der Waals surface area contributed by atoms with Crippen LogP contribution in [0.5, 0.6) is 0 Å². The molecule has 0 aromatic carbocycles. The highest BCUT2D eigenvalue weighted by Crippen LogP contribution is 2.19. The highest BCUT2D eigenvalue weighted by atomic mass is 14.1. The van der Waals surface area contributed by atoms with Crippen LogP contribution in [0.25, 0.3) is 0 Å². The van der Waals surface area contributed by atoms with Crippen molar-refractivity contribution < 1.29 is 0 Å². The largest absolute Gasteiger partial charge is 0.0654 e. The Morgan fingerprint density at radius 2 is 1.07 bits per heavy atom. The second-order valence-electron chi connectivity index (χ2n) is 4.58. The first-order valence-corrected chi connectivity index (χ1v) is 6.62. The fourth-order valence-electron chi connectivity index (χ4n) is 1.83. The molecule has 0 heterocycles. The summed E-state index contributed by atoms with van der Waals surface area (Å²) in [4.78, 5) is 0. The molecule has 0 bridgehead atoms. The molecule has 0 nitrogen and oxygen atoms in total. The highest BCUT2D eigenvalue weighted by molar-refractivity contribution is 4.82. The van der Waals surface area contributed by atoms with E-state index in [4.69, 9.17) is 0 Å². The number of hydrogen-bond donors (Lipinski definition) is 0. The van der Waals surface area contributed by atoms with Crippen LogP contribution in [-0.4, -0.2) is 0 Å². The summed E-state index contributed by atoms with van der Waals surface area (Å²) in [5.74, 6) is 1.73. The fourth-order valence-corrected chi connectivity index (χ4v) is 1.83. The topological polar surface area (TPSA) is 0 Å². The van der Waals surface area contributed by atoms with Gasteiger partial charge in [-0.1, -0.05) is 72.1 Å². The van der Waals surface area contributed by atoms with Gasteiger partial charge in [0.1, 0.15) is 0 Å². The molecular formula is C14H29. The first-order chi connectivity index (χ1) is 6.81. The van der Waals surface area contributed by atoms with Gasteiger partial charge in [-0.15, -0.1) is 0 Å². The highest BCUT2D eigenvalue weighted by Gasteiger charge is 2.01. The molecule has 0 atom stereocenters. The standard InChI is InChI=1S/C14H29/c1-4-6-8-10-12-14(3)13-11-9-7-5-2/h4-13H2,1-3H3. The van der Waals surface area contributed by atoms with Gasteiger partial charge in [0.05, 0.1) is 0 Å². The predicted octanol–water partition coefficient (Wildman–Crippen LogP) is 5.52. The van der Waals surface area contributed by atoms with Gasteiger partial charge in [-0.2, -0.15) is 0 Å². The third kappa shape index (κ3) is 10.1. The molecule has 0 aromatic heterocycles. The minimum Gasteiger partial charge on any atom is -0.0654 e. The van der Waals surface area contributed by atoms with Crippen molar-refractivity contribution in [3.05, 3.63) is 5.92 Å². The Bertz CT molecular complexity index is 84.2. The SMILES string of the molecule is CCCCCC[C](C)CCCCCC. The van der Waals surface area contributed by atoms with Crippen LogP contribution in [0.2, 0.25) is 0 Å². The van der Waals surface area contributed by atoms with E-state index in [9.17, 15) is 0 Å². The normalized spacial score (nSPS) is 11.1. The summed E-state index contributed by atoms with van der Waals surface area (Å²) in [6.45, 7) is 6.90. The minimum absolute atomic E-state index is 1.36. The molecule has 0 unspecified atom stereocenters. The van der Waals surface area contributed by atoms with E-state index in [-0.39, 0.29) is 0 Å². The van der Waals surface area contributed by atoms with Crippen molar-refractivity contribution in [1.82, 2.24) is 0 Å². The van der Waals surface area contributed by atoms with Crippen LogP contribution in [0, 0.1) is 5.92 Å². The van der Waals surface area contributed by atoms with Crippen molar-refractivity contribution in [2.24, 2.45) is 0 Å². The van der Waals surface area contributed by atoms with Crippen molar-refractivity contribution in [2.75, 3.05) is 0 Å². The maximum atomic E-state index is 2.35. The zero-order valence-corrected chi connectivity index (χ0v) is 10.6. The Kier molecular flexibility index (Phi) is 11.1. The quantitative estimate of drug-likeness (QED) is 0.404. The van der Waals surface area contributed by atoms with Crippen molar-refractivity contribution in [1.29, 1.82) is 0 Å². The molecule has 14 heavy (non-hydrogen) atoms. The van der Waals surface area contributed by atoms with Gasteiger partial charge in [0.25, 0.3) is 0 Å². The lowest BCUT2D eigenvalue weighted by molar-refractivity contribution is 0.581. The Morgan fingerprint density at radius 3 is 1.43 bits per heavy atom. The maximum Gasteiger partial charge on any atom is -0.0272 e. The lowest BCUT2D eigenvalue weighted by atomic mass is 9.96. The van der Waals surface area contributed by atoms with E-state index in [1.54, 1.807) is 5.92 Å². The van der Waals surface area contributed by atoms with Gasteiger partial charge in [-0.25, -0.2) is 0 Å². The minimum atomic E-state index is 1.36. The zero-order chi connectivity index (χ0) is 10.6. The number of unbranched alkanes of at least 4 members (excludes halogenated alkanes) is 6. The van der Waals surface area contributed by atoms with Crippen LogP contribution in [0.15, 0.2) is 0 Å². The van der Waals surface area contributed by atoms with Crippen LogP contribution in [0.4, 0.5) is 0 Å². The summed E-state index contributed by atoms with van der Waals surface area (Å²) in [6.07, 6.45) is 14.0. The second kappa shape index (κ2) is 11.1.